The Morgan fingerprint density at radius 2 is 1.77 bits per heavy atom. The lowest BCUT2D eigenvalue weighted by atomic mass is 10.2. The number of benzene rings is 2. The van der Waals surface area contributed by atoms with Gasteiger partial charge in [-0.2, -0.15) is 0 Å². The molecule has 1 amide bonds. The van der Waals surface area contributed by atoms with Crippen molar-refractivity contribution in [2.75, 3.05) is 19.5 Å². The molecule has 0 aliphatic heterocycles. The van der Waals surface area contributed by atoms with Crippen LogP contribution in [0.25, 0.3) is 20.4 Å². The second-order valence-electron chi connectivity index (χ2n) is 5.57. The summed E-state index contributed by atoms with van der Waals surface area (Å²) in [6.45, 7) is 1.98. The highest BCUT2D eigenvalue weighted by Gasteiger charge is 2.15. The van der Waals surface area contributed by atoms with Crippen LogP contribution in [-0.4, -0.2) is 30.1 Å². The van der Waals surface area contributed by atoms with Gasteiger partial charge >= 0.3 is 0 Å². The minimum atomic E-state index is -0.271. The number of thiazole rings is 2. The molecule has 26 heavy (non-hydrogen) atoms. The second-order valence-corrected chi connectivity index (χ2v) is 7.80. The van der Waals surface area contributed by atoms with Gasteiger partial charge in [0.2, 0.25) is 0 Å². The number of aryl methyl sites for hydroxylation is 1. The first kappa shape index (κ1) is 16.7. The van der Waals surface area contributed by atoms with E-state index in [1.807, 2.05) is 19.1 Å². The SMILES string of the molecule is COc1cc(OC)cc(C(=O)Nc2nc3ccc4sc(C)nc4c3s2)c1. The van der Waals surface area contributed by atoms with Gasteiger partial charge in [0.15, 0.2) is 5.13 Å². The van der Waals surface area contributed by atoms with Gasteiger partial charge in [0.05, 0.1) is 34.1 Å². The van der Waals surface area contributed by atoms with E-state index in [0.717, 1.165) is 25.4 Å². The lowest BCUT2D eigenvalue weighted by Gasteiger charge is -2.07. The normalized spacial score (nSPS) is 11.0. The Balaban J connectivity index is 1.68. The zero-order valence-electron chi connectivity index (χ0n) is 14.3. The number of anilines is 1. The van der Waals surface area contributed by atoms with Crippen LogP contribution < -0.4 is 14.8 Å². The van der Waals surface area contributed by atoms with Gasteiger partial charge in [-0.25, -0.2) is 9.97 Å². The number of aromatic nitrogens is 2. The van der Waals surface area contributed by atoms with Crippen LogP contribution >= 0.6 is 22.7 Å². The van der Waals surface area contributed by atoms with E-state index in [2.05, 4.69) is 15.3 Å². The average Bonchev–Trinajstić information content (AvgIpc) is 3.22. The van der Waals surface area contributed by atoms with E-state index in [1.165, 1.54) is 11.3 Å². The molecule has 2 heterocycles. The number of rotatable bonds is 4. The van der Waals surface area contributed by atoms with Crippen molar-refractivity contribution in [1.29, 1.82) is 0 Å². The third kappa shape index (κ3) is 2.97. The largest absolute Gasteiger partial charge is 0.497 e. The van der Waals surface area contributed by atoms with E-state index in [9.17, 15) is 4.79 Å². The predicted octanol–water partition coefficient (Wildman–Crippen LogP) is 4.48. The number of ether oxygens (including phenoxy) is 2. The van der Waals surface area contributed by atoms with Crippen LogP contribution in [0.5, 0.6) is 11.5 Å². The molecule has 0 saturated heterocycles. The summed E-state index contributed by atoms with van der Waals surface area (Å²) in [5, 5.41) is 4.40. The molecule has 4 aromatic rings. The number of amides is 1. The Kier molecular flexibility index (Phi) is 4.21. The second kappa shape index (κ2) is 6.54. The maximum atomic E-state index is 12.6. The fourth-order valence-electron chi connectivity index (χ4n) is 2.65. The third-order valence-corrected chi connectivity index (χ3v) is 5.78. The molecule has 2 aromatic heterocycles. The molecule has 1 N–H and O–H groups in total. The van der Waals surface area contributed by atoms with Crippen LogP contribution in [0.15, 0.2) is 30.3 Å². The van der Waals surface area contributed by atoms with Gasteiger partial charge < -0.3 is 9.47 Å². The van der Waals surface area contributed by atoms with E-state index in [-0.39, 0.29) is 5.91 Å². The summed E-state index contributed by atoms with van der Waals surface area (Å²) in [5.74, 6) is 0.837. The molecule has 0 bridgehead atoms. The Hall–Kier alpha value is -2.71. The van der Waals surface area contributed by atoms with Crippen molar-refractivity contribution in [3.63, 3.8) is 0 Å². The van der Waals surface area contributed by atoms with Crippen molar-refractivity contribution in [3.8, 4) is 11.5 Å². The summed E-state index contributed by atoms with van der Waals surface area (Å²) in [6.07, 6.45) is 0. The number of carbonyl (C=O) groups is 1. The Labute approximate surface area is 157 Å². The van der Waals surface area contributed by atoms with Gasteiger partial charge in [-0.05, 0) is 31.2 Å². The van der Waals surface area contributed by atoms with Crippen molar-refractivity contribution in [3.05, 3.63) is 40.9 Å². The highest BCUT2D eigenvalue weighted by molar-refractivity contribution is 7.24. The standard InChI is InChI=1S/C18H15N3O3S2/c1-9-19-15-14(25-9)5-4-13-16(15)26-18(20-13)21-17(22)10-6-11(23-2)8-12(7-10)24-3/h4-8H,1-3H3,(H,20,21,22). The number of hydrogen-bond acceptors (Lipinski definition) is 7. The molecule has 6 nitrogen and oxygen atoms in total. The summed E-state index contributed by atoms with van der Waals surface area (Å²) < 4.78 is 12.5. The van der Waals surface area contributed by atoms with Crippen LogP contribution in [0.1, 0.15) is 15.4 Å². The number of nitrogens with one attached hydrogen (secondary N) is 1. The minimum absolute atomic E-state index is 0.271. The van der Waals surface area contributed by atoms with Crippen LogP contribution in [0, 0.1) is 6.92 Å². The summed E-state index contributed by atoms with van der Waals surface area (Å²) >= 11 is 3.07. The van der Waals surface area contributed by atoms with Gasteiger partial charge in [-0.1, -0.05) is 11.3 Å². The highest BCUT2D eigenvalue weighted by atomic mass is 32.1. The van der Waals surface area contributed by atoms with Crippen LogP contribution in [0.2, 0.25) is 0 Å². The highest BCUT2D eigenvalue weighted by Crippen LogP contribution is 2.35. The number of carbonyl (C=O) groups excluding carboxylic acids is 1. The first-order valence-corrected chi connectivity index (χ1v) is 9.42. The third-order valence-electron chi connectivity index (χ3n) is 3.86. The first-order valence-electron chi connectivity index (χ1n) is 7.78. The number of nitrogens with zero attached hydrogens (tertiary/aromatic N) is 2. The molecule has 0 radical (unpaired) electrons. The molecule has 2 aromatic carbocycles. The molecule has 0 atom stereocenters. The lowest BCUT2D eigenvalue weighted by molar-refractivity contribution is 0.102. The Bertz CT molecular complexity index is 1110. The molecule has 0 aliphatic carbocycles. The van der Waals surface area contributed by atoms with Gasteiger partial charge in [0.1, 0.15) is 17.0 Å². The van der Waals surface area contributed by atoms with E-state index in [4.69, 9.17) is 9.47 Å². The Morgan fingerprint density at radius 3 is 2.46 bits per heavy atom. The summed E-state index contributed by atoms with van der Waals surface area (Å²) in [6, 6.07) is 9.01. The first-order chi connectivity index (χ1) is 12.6. The smallest absolute Gasteiger partial charge is 0.257 e. The topological polar surface area (TPSA) is 73.3 Å². The minimum Gasteiger partial charge on any atom is -0.497 e. The van der Waals surface area contributed by atoms with Crippen molar-refractivity contribution in [1.82, 2.24) is 9.97 Å². The predicted molar refractivity (Wildman–Crippen MR) is 105 cm³/mol. The molecule has 132 valence electrons. The number of methoxy groups -OCH3 is 2. The molecule has 8 heteroatoms. The maximum absolute atomic E-state index is 12.6. The van der Waals surface area contributed by atoms with Crippen molar-refractivity contribution in [2.45, 2.75) is 6.92 Å². The monoisotopic (exact) mass is 385 g/mol. The zero-order valence-corrected chi connectivity index (χ0v) is 16.0. The molecule has 0 spiro atoms. The summed E-state index contributed by atoms with van der Waals surface area (Å²) in [4.78, 5) is 21.7. The molecule has 0 fully saturated rings. The van der Waals surface area contributed by atoms with Gasteiger partial charge in [-0.15, -0.1) is 11.3 Å². The number of hydrogen-bond donors (Lipinski definition) is 1. The molecular formula is C18H15N3O3S2. The summed E-state index contributed by atoms with van der Waals surface area (Å²) in [5.41, 5.74) is 2.20. The molecule has 0 aliphatic rings. The molecule has 4 rings (SSSR count). The van der Waals surface area contributed by atoms with Crippen molar-refractivity contribution >= 4 is 54.1 Å². The van der Waals surface area contributed by atoms with E-state index < -0.39 is 0 Å². The van der Waals surface area contributed by atoms with Crippen LogP contribution in [0.3, 0.4) is 0 Å². The fourth-order valence-corrected chi connectivity index (χ4v) is 4.50. The van der Waals surface area contributed by atoms with E-state index in [1.54, 1.807) is 43.8 Å². The summed E-state index contributed by atoms with van der Waals surface area (Å²) in [7, 11) is 3.09. The van der Waals surface area contributed by atoms with Crippen LogP contribution in [0.4, 0.5) is 5.13 Å². The molecule has 0 unspecified atom stereocenters. The quantitative estimate of drug-likeness (QED) is 0.560. The lowest BCUT2D eigenvalue weighted by Crippen LogP contribution is -2.12. The van der Waals surface area contributed by atoms with E-state index >= 15 is 0 Å². The van der Waals surface area contributed by atoms with E-state index in [0.29, 0.717) is 22.2 Å². The van der Waals surface area contributed by atoms with Crippen LogP contribution in [-0.2, 0) is 0 Å². The fraction of sp³-hybridized carbons (Fsp3) is 0.167. The Morgan fingerprint density at radius 1 is 1.04 bits per heavy atom. The van der Waals surface area contributed by atoms with Gasteiger partial charge in [0.25, 0.3) is 5.91 Å². The zero-order chi connectivity index (χ0) is 18.3. The molecular weight excluding hydrogens is 370 g/mol. The maximum Gasteiger partial charge on any atom is 0.257 e. The average molecular weight is 385 g/mol. The van der Waals surface area contributed by atoms with Crippen molar-refractivity contribution in [2.24, 2.45) is 0 Å². The molecule has 0 saturated carbocycles. The van der Waals surface area contributed by atoms with Crippen molar-refractivity contribution < 1.29 is 14.3 Å². The van der Waals surface area contributed by atoms with Gasteiger partial charge in [-0.3, -0.25) is 10.1 Å². The van der Waals surface area contributed by atoms with Gasteiger partial charge in [0, 0.05) is 11.6 Å². The number of fused-ring (bicyclic) bond motifs is 3.